The molecule has 0 heterocycles. The molecule has 0 aromatic heterocycles. The minimum atomic E-state index is -1.78. The van der Waals surface area contributed by atoms with Gasteiger partial charge in [-0.1, -0.05) is 0 Å². The van der Waals surface area contributed by atoms with Gasteiger partial charge in [0.1, 0.15) is 0 Å². The van der Waals surface area contributed by atoms with Crippen molar-refractivity contribution in [2.45, 2.75) is 53.4 Å². The Kier molecular flexibility index (Phi) is 5.06. The fraction of sp³-hybridized carbons (Fsp3) is 0.421. The summed E-state index contributed by atoms with van der Waals surface area (Å²) < 4.78 is 9.47. The number of hydrogen-bond acceptors (Lipinski definition) is 1. The molecule has 1 aromatic carbocycles. The Hall–Kier alpha value is -0.916. The van der Waals surface area contributed by atoms with E-state index in [0.717, 1.165) is 12.2 Å². The van der Waals surface area contributed by atoms with Gasteiger partial charge in [0.05, 0.1) is 0 Å². The molecule has 1 aliphatic carbocycles. The second kappa shape index (κ2) is 6.46. The van der Waals surface area contributed by atoms with Crippen molar-refractivity contribution < 1.29 is 21.1 Å². The molecule has 1 nitrogen and oxygen atoms in total. The summed E-state index contributed by atoms with van der Waals surface area (Å²) in [5.74, 6) is 1.05. The third-order valence-corrected chi connectivity index (χ3v) is 7.25. The molecule has 0 saturated carbocycles. The van der Waals surface area contributed by atoms with Crippen molar-refractivity contribution in [1.29, 1.82) is 0 Å². The zero-order valence-corrected chi connectivity index (χ0v) is 15.6. The van der Waals surface area contributed by atoms with Crippen molar-refractivity contribution >= 4 is 3.81 Å². The van der Waals surface area contributed by atoms with E-state index in [1.807, 2.05) is 0 Å². The first kappa shape index (κ1) is 16.5. The van der Waals surface area contributed by atoms with E-state index in [2.05, 4.69) is 78.0 Å². The van der Waals surface area contributed by atoms with E-state index in [1.165, 1.54) is 18.8 Å². The van der Waals surface area contributed by atoms with Crippen molar-refractivity contribution in [1.82, 2.24) is 0 Å². The molecule has 0 saturated heterocycles. The molecule has 2 heteroatoms. The Morgan fingerprint density at radius 3 is 2.38 bits per heavy atom. The van der Waals surface area contributed by atoms with Gasteiger partial charge in [-0.15, -0.1) is 0 Å². The van der Waals surface area contributed by atoms with Gasteiger partial charge in [0.15, 0.2) is 0 Å². The van der Waals surface area contributed by atoms with Crippen LogP contribution in [0.2, 0.25) is 0 Å². The predicted octanol–water partition coefficient (Wildman–Crippen LogP) is 5.26. The van der Waals surface area contributed by atoms with Gasteiger partial charge in [-0.05, 0) is 0 Å². The second-order valence-corrected chi connectivity index (χ2v) is 11.0. The number of aryl methyl sites for hydroxylation is 1. The second-order valence-electron chi connectivity index (χ2n) is 7.04. The van der Waals surface area contributed by atoms with Crippen molar-refractivity contribution in [3.8, 4) is 5.75 Å². The molecule has 0 N–H and O–H groups in total. The molecule has 1 aliphatic rings. The zero-order valence-electron chi connectivity index (χ0n) is 14.1. The van der Waals surface area contributed by atoms with E-state index in [-0.39, 0.29) is 5.41 Å². The monoisotopic (exact) mass is 318 g/mol. The van der Waals surface area contributed by atoms with Gasteiger partial charge in [0.25, 0.3) is 0 Å². The van der Waals surface area contributed by atoms with Crippen LogP contribution < -0.4 is 3.32 Å². The van der Waals surface area contributed by atoms with Gasteiger partial charge >= 0.3 is 135 Å². The van der Waals surface area contributed by atoms with Gasteiger partial charge in [0, 0.05) is 0 Å². The van der Waals surface area contributed by atoms with Crippen LogP contribution in [0, 0.1) is 6.92 Å². The van der Waals surface area contributed by atoms with Crippen LogP contribution in [-0.4, -0.2) is 3.81 Å². The Morgan fingerprint density at radius 1 is 1.14 bits per heavy atom. The average Bonchev–Trinajstić information content (AvgIpc) is 2.87. The van der Waals surface area contributed by atoms with Gasteiger partial charge in [-0.2, -0.15) is 0 Å². The molecule has 0 atom stereocenters. The predicted molar refractivity (Wildman–Crippen MR) is 88.7 cm³/mol. The summed E-state index contributed by atoms with van der Waals surface area (Å²) >= 11 is -1.78. The fourth-order valence-corrected chi connectivity index (χ4v) is 5.40. The van der Waals surface area contributed by atoms with Crippen LogP contribution in [0.15, 0.2) is 40.3 Å². The first-order valence-corrected chi connectivity index (χ1v) is 9.81. The minimum absolute atomic E-state index is 0.156. The van der Waals surface area contributed by atoms with Gasteiger partial charge in [0.2, 0.25) is 0 Å². The molecule has 0 amide bonds. The third kappa shape index (κ3) is 4.28. The van der Waals surface area contributed by atoms with E-state index in [0.29, 0.717) is 0 Å². The molecule has 0 bridgehead atoms. The van der Waals surface area contributed by atoms with Crippen molar-refractivity contribution in [3.63, 3.8) is 0 Å². The number of benzene rings is 1. The Morgan fingerprint density at radius 2 is 1.86 bits per heavy atom. The number of rotatable bonds is 3. The van der Waals surface area contributed by atoms with E-state index in [4.69, 9.17) is 3.32 Å². The normalized spacial score (nSPS) is 14.1. The number of allylic oxidation sites excluding steroid dienone is 4. The summed E-state index contributed by atoms with van der Waals surface area (Å²) in [4.78, 5) is 0. The number of hydrogen-bond donors (Lipinski definition) is 0. The SMILES string of the molecule is C[C](C)=[Ti]([O]c1cc(C)cc(C(C)(C)C)c1)[C]1=CC=CC1. The van der Waals surface area contributed by atoms with Gasteiger partial charge < -0.3 is 0 Å². The maximum atomic E-state index is 6.50. The van der Waals surface area contributed by atoms with Crippen LogP contribution in [-0.2, 0) is 23.2 Å². The van der Waals surface area contributed by atoms with Crippen molar-refractivity contribution in [2.75, 3.05) is 0 Å². The molecule has 2 rings (SSSR count). The molecule has 1 aromatic rings. The molecule has 0 spiro atoms. The maximum absolute atomic E-state index is 6.50. The standard InChI is InChI=1S/C11H16O.C5H5.C3H6.Ti/c1-8-5-9(11(2,3)4)7-10(12)6-8;1-2-4-5-3-1;1-3-2;/h5-7,12H,1-4H3;1-3H,4H2;1-2H3;/q;;;+1/p-1. The Bertz CT molecular complexity index is 623. The van der Waals surface area contributed by atoms with E-state index >= 15 is 0 Å². The Labute approximate surface area is 135 Å². The quantitative estimate of drug-likeness (QED) is 0.691. The molecule has 0 aliphatic heterocycles. The van der Waals surface area contributed by atoms with Crippen LogP contribution in [0.5, 0.6) is 5.75 Å². The fourth-order valence-electron chi connectivity index (χ4n) is 2.46. The van der Waals surface area contributed by atoms with Crippen LogP contribution in [0.1, 0.15) is 52.2 Å². The summed E-state index contributed by atoms with van der Waals surface area (Å²) in [5, 5.41) is 0. The summed E-state index contributed by atoms with van der Waals surface area (Å²) in [7, 11) is 0. The first-order valence-electron chi connectivity index (χ1n) is 7.61. The topological polar surface area (TPSA) is 9.23 Å². The molecule has 0 fully saturated rings. The van der Waals surface area contributed by atoms with E-state index in [9.17, 15) is 0 Å². The molecular weight excluding hydrogens is 292 g/mol. The van der Waals surface area contributed by atoms with Crippen LogP contribution in [0.25, 0.3) is 0 Å². The summed E-state index contributed by atoms with van der Waals surface area (Å²) in [6, 6.07) is 6.67. The molecular formula is C19H26OTi. The van der Waals surface area contributed by atoms with Crippen molar-refractivity contribution in [3.05, 3.63) is 51.4 Å². The molecule has 0 unspecified atom stereocenters. The summed E-state index contributed by atoms with van der Waals surface area (Å²) in [5.41, 5.74) is 2.79. The molecule has 0 radical (unpaired) electrons. The first-order chi connectivity index (χ1) is 9.77. The van der Waals surface area contributed by atoms with Crippen molar-refractivity contribution in [2.24, 2.45) is 0 Å². The van der Waals surface area contributed by atoms with Gasteiger partial charge in [-0.25, -0.2) is 0 Å². The van der Waals surface area contributed by atoms with Gasteiger partial charge in [-0.3, -0.25) is 0 Å². The van der Waals surface area contributed by atoms with Crippen LogP contribution in [0.3, 0.4) is 0 Å². The van der Waals surface area contributed by atoms with E-state index < -0.39 is 17.8 Å². The van der Waals surface area contributed by atoms with E-state index in [1.54, 1.807) is 0 Å². The zero-order chi connectivity index (χ0) is 15.6. The van der Waals surface area contributed by atoms with Crippen LogP contribution in [0.4, 0.5) is 0 Å². The third-order valence-electron chi connectivity index (χ3n) is 3.65. The summed E-state index contributed by atoms with van der Waals surface area (Å²) in [6.07, 6.45) is 7.71. The molecule has 21 heavy (non-hydrogen) atoms. The van der Waals surface area contributed by atoms with Crippen LogP contribution >= 0.6 is 0 Å². The average molecular weight is 318 g/mol. The Balaban J connectivity index is 2.34. The molecule has 112 valence electrons. The summed E-state index contributed by atoms with van der Waals surface area (Å²) in [6.45, 7) is 13.3.